The first-order valence-electron chi connectivity index (χ1n) is 7.47. The van der Waals surface area contributed by atoms with E-state index in [0.717, 1.165) is 17.8 Å². The molecule has 2 aromatic rings. The summed E-state index contributed by atoms with van der Waals surface area (Å²) >= 11 is 5.96. The largest absolute Gasteiger partial charge is 0.325 e. The van der Waals surface area contributed by atoms with Gasteiger partial charge in [0.2, 0.25) is 0 Å². The zero-order valence-electron chi connectivity index (χ0n) is 12.3. The molecule has 3 rings (SSSR count). The summed E-state index contributed by atoms with van der Waals surface area (Å²) in [6.45, 7) is 4.75. The molecule has 1 aliphatic rings. The summed E-state index contributed by atoms with van der Waals surface area (Å²) < 4.78 is 2.43. The standard InChI is InChI=1S/C16H22ClN3/c1-16(2)7-3-4-12(10-16)20-14-6-9-18-11-13(14)19-15(20)5-8-17/h6,9,11-12H,3-5,7-8,10H2,1-2H3. The molecule has 0 aliphatic heterocycles. The summed E-state index contributed by atoms with van der Waals surface area (Å²) in [6.07, 6.45) is 9.62. The molecular formula is C16H22ClN3. The second-order valence-corrected chi connectivity index (χ2v) is 6.99. The van der Waals surface area contributed by atoms with E-state index in [0.29, 0.717) is 17.3 Å². The highest BCUT2D eigenvalue weighted by atomic mass is 35.5. The molecule has 0 radical (unpaired) electrons. The van der Waals surface area contributed by atoms with E-state index in [1.54, 1.807) is 0 Å². The van der Waals surface area contributed by atoms with Crippen molar-refractivity contribution in [2.24, 2.45) is 5.41 Å². The average molecular weight is 292 g/mol. The number of halogens is 1. The quantitative estimate of drug-likeness (QED) is 0.787. The minimum absolute atomic E-state index is 0.421. The van der Waals surface area contributed by atoms with Crippen molar-refractivity contribution in [3.8, 4) is 0 Å². The Balaban J connectivity index is 2.06. The second kappa shape index (κ2) is 5.36. The maximum absolute atomic E-state index is 5.96. The Morgan fingerprint density at radius 2 is 2.30 bits per heavy atom. The van der Waals surface area contributed by atoms with Crippen LogP contribution in [0.25, 0.3) is 11.0 Å². The van der Waals surface area contributed by atoms with Crippen molar-refractivity contribution in [1.29, 1.82) is 0 Å². The van der Waals surface area contributed by atoms with Gasteiger partial charge < -0.3 is 4.57 Å². The Hall–Kier alpha value is -1.09. The fraction of sp³-hybridized carbons (Fsp3) is 0.625. The summed E-state index contributed by atoms with van der Waals surface area (Å²) in [5.74, 6) is 1.73. The van der Waals surface area contributed by atoms with Gasteiger partial charge in [0.1, 0.15) is 11.3 Å². The lowest BCUT2D eigenvalue weighted by molar-refractivity contribution is 0.184. The van der Waals surface area contributed by atoms with E-state index >= 15 is 0 Å². The predicted octanol–water partition coefficient (Wildman–Crippen LogP) is 4.35. The number of rotatable bonds is 3. The first-order chi connectivity index (χ1) is 9.61. The summed E-state index contributed by atoms with van der Waals surface area (Å²) in [5, 5.41) is 0. The van der Waals surface area contributed by atoms with Crippen LogP contribution in [-0.4, -0.2) is 20.4 Å². The normalized spacial score (nSPS) is 22.2. The molecule has 108 valence electrons. The molecule has 20 heavy (non-hydrogen) atoms. The lowest BCUT2D eigenvalue weighted by Crippen LogP contribution is -2.26. The Labute approximate surface area is 125 Å². The molecule has 1 atom stereocenters. The Kier molecular flexibility index (Phi) is 3.72. The number of nitrogens with zero attached hydrogens (tertiary/aromatic N) is 3. The van der Waals surface area contributed by atoms with Gasteiger partial charge >= 0.3 is 0 Å². The number of aryl methyl sites for hydroxylation is 1. The van der Waals surface area contributed by atoms with Crippen LogP contribution in [0.1, 0.15) is 51.4 Å². The molecule has 0 saturated heterocycles. The van der Waals surface area contributed by atoms with Crippen molar-refractivity contribution in [2.45, 2.75) is 52.0 Å². The van der Waals surface area contributed by atoms with Crippen LogP contribution < -0.4 is 0 Å². The summed E-state index contributed by atoms with van der Waals surface area (Å²) in [6, 6.07) is 2.63. The number of aromatic nitrogens is 3. The number of hydrogen-bond acceptors (Lipinski definition) is 2. The van der Waals surface area contributed by atoms with E-state index in [2.05, 4.69) is 29.5 Å². The predicted molar refractivity (Wildman–Crippen MR) is 83.2 cm³/mol. The van der Waals surface area contributed by atoms with Gasteiger partial charge in [-0.3, -0.25) is 4.98 Å². The minimum Gasteiger partial charge on any atom is -0.325 e. The van der Waals surface area contributed by atoms with Crippen molar-refractivity contribution in [2.75, 3.05) is 5.88 Å². The first kappa shape index (κ1) is 13.9. The third kappa shape index (κ3) is 2.56. The third-order valence-electron chi connectivity index (χ3n) is 4.43. The zero-order valence-corrected chi connectivity index (χ0v) is 13.0. The SMILES string of the molecule is CC1(C)CCCC(n2c(CCCl)nc3cnccc32)C1. The number of alkyl halides is 1. The molecule has 0 N–H and O–H groups in total. The Morgan fingerprint density at radius 3 is 3.05 bits per heavy atom. The Bertz CT molecular complexity index is 603. The van der Waals surface area contributed by atoms with Crippen LogP contribution >= 0.6 is 11.6 Å². The molecule has 0 aromatic carbocycles. The van der Waals surface area contributed by atoms with Crippen LogP contribution in [-0.2, 0) is 6.42 Å². The molecule has 4 heteroatoms. The van der Waals surface area contributed by atoms with Gasteiger partial charge in [-0.25, -0.2) is 4.98 Å². The van der Waals surface area contributed by atoms with E-state index in [-0.39, 0.29) is 0 Å². The number of fused-ring (bicyclic) bond motifs is 1. The van der Waals surface area contributed by atoms with E-state index in [4.69, 9.17) is 16.6 Å². The minimum atomic E-state index is 0.421. The van der Waals surface area contributed by atoms with E-state index in [1.165, 1.54) is 31.2 Å². The molecule has 0 amide bonds. The fourth-order valence-corrected chi connectivity index (χ4v) is 3.72. The monoisotopic (exact) mass is 291 g/mol. The maximum Gasteiger partial charge on any atom is 0.111 e. The van der Waals surface area contributed by atoms with Gasteiger partial charge in [0, 0.05) is 24.5 Å². The van der Waals surface area contributed by atoms with Gasteiger partial charge in [0.25, 0.3) is 0 Å². The van der Waals surface area contributed by atoms with Gasteiger partial charge in [0.15, 0.2) is 0 Å². The maximum atomic E-state index is 5.96. The van der Waals surface area contributed by atoms with Crippen LogP contribution in [0, 0.1) is 5.41 Å². The zero-order chi connectivity index (χ0) is 14.2. The number of pyridine rings is 1. The van der Waals surface area contributed by atoms with Crippen molar-refractivity contribution >= 4 is 22.6 Å². The molecule has 2 aromatic heterocycles. The highest BCUT2D eigenvalue weighted by molar-refractivity contribution is 6.17. The first-order valence-corrected chi connectivity index (χ1v) is 8.01. The highest BCUT2D eigenvalue weighted by Gasteiger charge is 2.30. The highest BCUT2D eigenvalue weighted by Crippen LogP contribution is 2.42. The molecule has 1 fully saturated rings. The lowest BCUT2D eigenvalue weighted by atomic mass is 9.75. The van der Waals surface area contributed by atoms with Crippen LogP contribution in [0.4, 0.5) is 0 Å². The van der Waals surface area contributed by atoms with Crippen LogP contribution in [0.3, 0.4) is 0 Å². The molecular weight excluding hydrogens is 270 g/mol. The lowest BCUT2D eigenvalue weighted by Gasteiger charge is -2.36. The second-order valence-electron chi connectivity index (χ2n) is 6.62. The fourth-order valence-electron chi connectivity index (χ4n) is 3.55. The van der Waals surface area contributed by atoms with Gasteiger partial charge in [-0.05, 0) is 30.7 Å². The molecule has 1 unspecified atom stereocenters. The summed E-state index contributed by atoms with van der Waals surface area (Å²) in [5.41, 5.74) is 2.63. The van der Waals surface area contributed by atoms with Gasteiger partial charge in [-0.1, -0.05) is 20.3 Å². The van der Waals surface area contributed by atoms with Crippen molar-refractivity contribution in [3.05, 3.63) is 24.3 Å². The summed E-state index contributed by atoms with van der Waals surface area (Å²) in [4.78, 5) is 8.93. The van der Waals surface area contributed by atoms with Crippen molar-refractivity contribution in [3.63, 3.8) is 0 Å². The third-order valence-corrected chi connectivity index (χ3v) is 4.62. The molecule has 0 bridgehead atoms. The van der Waals surface area contributed by atoms with Crippen LogP contribution in [0.5, 0.6) is 0 Å². The Morgan fingerprint density at radius 1 is 1.45 bits per heavy atom. The smallest absolute Gasteiger partial charge is 0.111 e. The van der Waals surface area contributed by atoms with Crippen molar-refractivity contribution in [1.82, 2.24) is 14.5 Å². The van der Waals surface area contributed by atoms with Gasteiger partial charge in [-0.15, -0.1) is 11.6 Å². The molecule has 2 heterocycles. The average Bonchev–Trinajstić information content (AvgIpc) is 2.76. The van der Waals surface area contributed by atoms with Crippen LogP contribution in [0.15, 0.2) is 18.5 Å². The van der Waals surface area contributed by atoms with E-state index in [9.17, 15) is 0 Å². The van der Waals surface area contributed by atoms with E-state index < -0.39 is 0 Å². The van der Waals surface area contributed by atoms with Crippen molar-refractivity contribution < 1.29 is 0 Å². The molecule has 0 spiro atoms. The topological polar surface area (TPSA) is 30.7 Å². The molecule has 3 nitrogen and oxygen atoms in total. The van der Waals surface area contributed by atoms with Crippen LogP contribution in [0.2, 0.25) is 0 Å². The van der Waals surface area contributed by atoms with Gasteiger partial charge in [0.05, 0.1) is 11.7 Å². The molecule has 1 saturated carbocycles. The molecule has 1 aliphatic carbocycles. The van der Waals surface area contributed by atoms with E-state index in [1.807, 2.05) is 12.4 Å². The number of hydrogen-bond donors (Lipinski definition) is 0. The number of imidazole rings is 1. The van der Waals surface area contributed by atoms with Gasteiger partial charge in [-0.2, -0.15) is 0 Å². The summed E-state index contributed by atoms with van der Waals surface area (Å²) in [7, 11) is 0.